The first-order valence-electron chi connectivity index (χ1n) is 7.79. The van der Waals surface area contributed by atoms with Crippen molar-refractivity contribution < 1.29 is 19.1 Å². The second-order valence-electron chi connectivity index (χ2n) is 5.66. The highest BCUT2D eigenvalue weighted by Gasteiger charge is 2.41. The highest BCUT2D eigenvalue weighted by Crippen LogP contribution is 2.25. The maximum atomic E-state index is 12.4. The molecule has 1 aliphatic rings. The minimum Gasteiger partial charge on any atom is -0.459 e. The van der Waals surface area contributed by atoms with E-state index in [-0.39, 0.29) is 6.61 Å². The van der Waals surface area contributed by atoms with Gasteiger partial charge < -0.3 is 4.74 Å². The van der Waals surface area contributed by atoms with E-state index in [1.807, 2.05) is 30.5 Å². The molecule has 3 rings (SSSR count). The van der Waals surface area contributed by atoms with Gasteiger partial charge in [-0.25, -0.2) is 4.79 Å². The van der Waals surface area contributed by atoms with Gasteiger partial charge in [-0.2, -0.15) is 0 Å². The van der Waals surface area contributed by atoms with E-state index < -0.39 is 23.8 Å². The van der Waals surface area contributed by atoms with Crippen LogP contribution in [0.5, 0.6) is 0 Å². The molecule has 0 aromatic heterocycles. The molecule has 0 unspecified atom stereocenters. The fraction of sp³-hybridized carbons (Fsp3) is 0.211. The first-order valence-corrected chi connectivity index (χ1v) is 9.02. The molecule has 2 aromatic rings. The van der Waals surface area contributed by atoms with Gasteiger partial charge in [0.25, 0.3) is 11.8 Å². The fourth-order valence-corrected chi connectivity index (χ4v) is 3.07. The van der Waals surface area contributed by atoms with Crippen LogP contribution in [-0.2, 0) is 16.1 Å². The first kappa shape index (κ1) is 17.2. The molecule has 0 radical (unpaired) electrons. The Morgan fingerprint density at radius 2 is 1.60 bits per heavy atom. The van der Waals surface area contributed by atoms with E-state index in [1.54, 1.807) is 36.0 Å². The number of ether oxygens (including phenoxy) is 1. The van der Waals surface area contributed by atoms with E-state index >= 15 is 0 Å². The lowest BCUT2D eigenvalue weighted by Gasteiger charge is -2.20. The molecule has 1 atom stereocenters. The van der Waals surface area contributed by atoms with Crippen LogP contribution in [0, 0.1) is 0 Å². The van der Waals surface area contributed by atoms with Gasteiger partial charge in [0, 0.05) is 4.90 Å². The Bertz CT molecular complexity index is 797. The van der Waals surface area contributed by atoms with Gasteiger partial charge in [0.15, 0.2) is 0 Å². The molecule has 0 spiro atoms. The van der Waals surface area contributed by atoms with Gasteiger partial charge >= 0.3 is 5.97 Å². The Balaban J connectivity index is 1.66. The van der Waals surface area contributed by atoms with E-state index in [2.05, 4.69) is 0 Å². The topological polar surface area (TPSA) is 63.7 Å². The number of nitrogens with zero attached hydrogens (tertiary/aromatic N) is 1. The lowest BCUT2D eigenvalue weighted by molar-refractivity contribution is -0.149. The van der Waals surface area contributed by atoms with E-state index in [0.29, 0.717) is 11.1 Å². The number of thioether (sulfide) groups is 1. The molecule has 0 fully saturated rings. The van der Waals surface area contributed by atoms with Crippen LogP contribution in [0.3, 0.4) is 0 Å². The van der Waals surface area contributed by atoms with E-state index in [9.17, 15) is 14.4 Å². The number of imide groups is 1. The summed E-state index contributed by atoms with van der Waals surface area (Å²) >= 11 is 1.63. The minimum atomic E-state index is -0.974. The standard InChI is InChI=1S/C19H17NO4S/c1-12(19(23)24-11-13-7-9-14(25-2)10-8-13)20-17(21)15-5-3-4-6-16(15)18(20)22/h3-10,12H,11H2,1-2H3/t12-/m1/s1. The van der Waals surface area contributed by atoms with Crippen LogP contribution in [0.25, 0.3) is 0 Å². The van der Waals surface area contributed by atoms with Crippen molar-refractivity contribution in [2.45, 2.75) is 24.5 Å². The molecular weight excluding hydrogens is 338 g/mol. The summed E-state index contributed by atoms with van der Waals surface area (Å²) in [6.07, 6.45) is 1.98. The number of fused-ring (bicyclic) bond motifs is 1. The van der Waals surface area contributed by atoms with Gasteiger partial charge in [-0.15, -0.1) is 11.8 Å². The van der Waals surface area contributed by atoms with Gasteiger partial charge in [-0.1, -0.05) is 24.3 Å². The number of rotatable bonds is 5. The van der Waals surface area contributed by atoms with E-state index in [0.717, 1.165) is 15.4 Å². The van der Waals surface area contributed by atoms with Crippen LogP contribution in [0.1, 0.15) is 33.2 Å². The van der Waals surface area contributed by atoms with E-state index in [4.69, 9.17) is 4.74 Å². The third-order valence-electron chi connectivity index (χ3n) is 4.09. The number of carbonyl (C=O) groups is 3. The number of hydrogen-bond acceptors (Lipinski definition) is 5. The number of benzene rings is 2. The van der Waals surface area contributed by atoms with Crippen LogP contribution in [0.4, 0.5) is 0 Å². The third kappa shape index (κ3) is 3.30. The van der Waals surface area contributed by atoms with Crippen molar-refractivity contribution in [3.8, 4) is 0 Å². The zero-order valence-electron chi connectivity index (χ0n) is 13.9. The maximum absolute atomic E-state index is 12.4. The predicted octanol–water partition coefficient (Wildman–Crippen LogP) is 3.14. The summed E-state index contributed by atoms with van der Waals surface area (Å²) < 4.78 is 5.28. The zero-order valence-corrected chi connectivity index (χ0v) is 14.7. The predicted molar refractivity (Wildman–Crippen MR) is 94.4 cm³/mol. The van der Waals surface area contributed by atoms with Gasteiger partial charge in [-0.3, -0.25) is 14.5 Å². The Labute approximate surface area is 150 Å². The number of esters is 1. The fourth-order valence-electron chi connectivity index (χ4n) is 2.66. The quantitative estimate of drug-likeness (QED) is 0.468. The monoisotopic (exact) mass is 355 g/mol. The molecule has 2 amide bonds. The molecule has 0 saturated heterocycles. The average molecular weight is 355 g/mol. The molecular formula is C19H17NO4S. The van der Waals surface area contributed by atoms with Crippen LogP contribution < -0.4 is 0 Å². The molecule has 0 saturated carbocycles. The molecule has 1 aliphatic heterocycles. The van der Waals surface area contributed by atoms with Crippen molar-refractivity contribution in [3.05, 3.63) is 65.2 Å². The van der Waals surface area contributed by atoms with Crippen molar-refractivity contribution in [1.29, 1.82) is 0 Å². The summed E-state index contributed by atoms with van der Waals surface area (Å²) in [6.45, 7) is 1.60. The van der Waals surface area contributed by atoms with Crippen molar-refractivity contribution in [2.75, 3.05) is 6.26 Å². The second-order valence-corrected chi connectivity index (χ2v) is 6.54. The summed E-state index contributed by atoms with van der Waals surface area (Å²) in [5.74, 6) is -1.54. The van der Waals surface area contributed by atoms with Gasteiger partial charge in [0.2, 0.25) is 0 Å². The maximum Gasteiger partial charge on any atom is 0.329 e. The largest absolute Gasteiger partial charge is 0.459 e. The highest BCUT2D eigenvalue weighted by atomic mass is 32.2. The van der Waals surface area contributed by atoms with Gasteiger partial charge in [0.1, 0.15) is 12.6 Å². The molecule has 128 valence electrons. The number of amides is 2. The smallest absolute Gasteiger partial charge is 0.329 e. The van der Waals surface area contributed by atoms with Crippen molar-refractivity contribution in [3.63, 3.8) is 0 Å². The lowest BCUT2D eigenvalue weighted by atomic mass is 10.1. The molecule has 0 aliphatic carbocycles. The number of carbonyl (C=O) groups excluding carboxylic acids is 3. The first-order chi connectivity index (χ1) is 12.0. The molecule has 25 heavy (non-hydrogen) atoms. The van der Waals surface area contributed by atoms with Crippen LogP contribution in [-0.4, -0.2) is 35.0 Å². The lowest BCUT2D eigenvalue weighted by Crippen LogP contribution is -2.43. The Morgan fingerprint density at radius 1 is 1.04 bits per heavy atom. The van der Waals surface area contributed by atoms with E-state index in [1.165, 1.54) is 6.92 Å². The molecule has 1 heterocycles. The molecule has 0 N–H and O–H groups in total. The number of hydrogen-bond donors (Lipinski definition) is 0. The second kappa shape index (κ2) is 7.11. The Morgan fingerprint density at radius 3 is 2.12 bits per heavy atom. The van der Waals surface area contributed by atoms with Crippen LogP contribution in [0.15, 0.2) is 53.4 Å². The van der Waals surface area contributed by atoms with Gasteiger partial charge in [-0.05, 0) is 43.0 Å². The minimum absolute atomic E-state index is 0.0982. The van der Waals surface area contributed by atoms with Crippen molar-refractivity contribution in [2.24, 2.45) is 0 Å². The van der Waals surface area contributed by atoms with Crippen molar-refractivity contribution >= 4 is 29.5 Å². The molecule has 2 aromatic carbocycles. The molecule has 5 nitrogen and oxygen atoms in total. The summed E-state index contributed by atoms with van der Waals surface area (Å²) in [5.41, 5.74) is 1.49. The highest BCUT2D eigenvalue weighted by molar-refractivity contribution is 7.98. The summed E-state index contributed by atoms with van der Waals surface area (Å²) in [4.78, 5) is 39.2. The molecule has 0 bridgehead atoms. The SMILES string of the molecule is CSc1ccc(COC(=O)[C@@H](C)N2C(=O)c3ccccc3C2=O)cc1. The zero-order chi connectivity index (χ0) is 18.0. The van der Waals surface area contributed by atoms with Crippen LogP contribution >= 0.6 is 11.8 Å². The normalized spacial score (nSPS) is 14.4. The summed E-state index contributed by atoms with van der Waals surface area (Å²) in [7, 11) is 0. The van der Waals surface area contributed by atoms with Crippen LogP contribution in [0.2, 0.25) is 0 Å². The third-order valence-corrected chi connectivity index (χ3v) is 4.84. The van der Waals surface area contributed by atoms with Gasteiger partial charge in [0.05, 0.1) is 11.1 Å². The molecule has 6 heteroatoms. The van der Waals surface area contributed by atoms with Crippen molar-refractivity contribution in [1.82, 2.24) is 4.90 Å². The Kier molecular flexibility index (Phi) is 4.90. The average Bonchev–Trinajstić information content (AvgIpc) is 2.90. The summed E-state index contributed by atoms with van der Waals surface area (Å²) in [5, 5.41) is 0. The Hall–Kier alpha value is -2.60. The summed E-state index contributed by atoms with van der Waals surface area (Å²) in [6, 6.07) is 13.2.